The van der Waals surface area contributed by atoms with Crippen LogP contribution in [-0.4, -0.2) is 19.7 Å². The fourth-order valence-corrected chi connectivity index (χ4v) is 5.60. The highest BCUT2D eigenvalue weighted by molar-refractivity contribution is 7.98. The van der Waals surface area contributed by atoms with Crippen molar-refractivity contribution in [3.8, 4) is 16.3 Å². The molecule has 0 spiro atoms. The number of thiazole rings is 1. The molecule has 0 bridgehead atoms. The molecule has 0 saturated heterocycles. The second-order valence-electron chi connectivity index (χ2n) is 7.53. The molecule has 4 aromatic rings. The lowest BCUT2D eigenvalue weighted by Crippen LogP contribution is -2.12. The molecular formula is C24H25ClN4OS2. The molecule has 0 aliphatic rings. The molecule has 2 aromatic heterocycles. The summed E-state index contributed by atoms with van der Waals surface area (Å²) < 4.78 is 8.32. The summed E-state index contributed by atoms with van der Waals surface area (Å²) in [6.45, 7) is 9.02. The van der Waals surface area contributed by atoms with Crippen LogP contribution < -0.4 is 4.74 Å². The van der Waals surface area contributed by atoms with E-state index in [0.717, 1.165) is 45.1 Å². The van der Waals surface area contributed by atoms with Gasteiger partial charge < -0.3 is 9.30 Å². The lowest BCUT2D eigenvalue weighted by atomic mass is 10.1. The van der Waals surface area contributed by atoms with Crippen molar-refractivity contribution in [2.45, 2.75) is 51.3 Å². The molecule has 0 saturated carbocycles. The van der Waals surface area contributed by atoms with E-state index >= 15 is 0 Å². The molecule has 32 heavy (non-hydrogen) atoms. The van der Waals surface area contributed by atoms with Crippen LogP contribution in [0.2, 0.25) is 5.02 Å². The van der Waals surface area contributed by atoms with Crippen LogP contribution >= 0.6 is 34.7 Å². The summed E-state index contributed by atoms with van der Waals surface area (Å²) in [5, 5.41) is 13.5. The average Bonchev–Trinajstić information content (AvgIpc) is 3.41. The van der Waals surface area contributed by atoms with Crippen molar-refractivity contribution in [1.82, 2.24) is 19.7 Å². The van der Waals surface area contributed by atoms with E-state index in [9.17, 15) is 0 Å². The van der Waals surface area contributed by atoms with Gasteiger partial charge in [0, 0.05) is 23.2 Å². The van der Waals surface area contributed by atoms with Gasteiger partial charge in [-0.3, -0.25) is 0 Å². The van der Waals surface area contributed by atoms with Crippen molar-refractivity contribution in [1.29, 1.82) is 0 Å². The molecule has 5 nitrogen and oxygen atoms in total. The fraction of sp³-hybridized carbons (Fsp3) is 0.292. The van der Waals surface area contributed by atoms with E-state index in [-0.39, 0.29) is 6.10 Å². The van der Waals surface area contributed by atoms with E-state index in [1.165, 1.54) is 5.56 Å². The molecule has 0 aliphatic heterocycles. The van der Waals surface area contributed by atoms with Crippen LogP contribution in [0.3, 0.4) is 0 Å². The van der Waals surface area contributed by atoms with Gasteiger partial charge in [-0.15, -0.1) is 21.5 Å². The molecule has 1 atom stereocenters. The van der Waals surface area contributed by atoms with Gasteiger partial charge in [0.25, 0.3) is 0 Å². The van der Waals surface area contributed by atoms with E-state index in [0.29, 0.717) is 10.8 Å². The number of thioether (sulfide) groups is 1. The van der Waals surface area contributed by atoms with Crippen molar-refractivity contribution in [2.24, 2.45) is 0 Å². The van der Waals surface area contributed by atoms with Gasteiger partial charge in [0.1, 0.15) is 10.8 Å². The number of nitrogens with zero attached hydrogens (tertiary/aromatic N) is 4. The normalized spacial score (nSPS) is 12.2. The smallest absolute Gasteiger partial charge is 0.191 e. The number of benzene rings is 2. The second-order valence-corrected chi connectivity index (χ2v) is 9.73. The van der Waals surface area contributed by atoms with Crippen LogP contribution in [0.5, 0.6) is 5.75 Å². The Balaban J connectivity index is 1.46. The lowest BCUT2D eigenvalue weighted by molar-refractivity contribution is 0.208. The summed E-state index contributed by atoms with van der Waals surface area (Å²) in [4.78, 5) is 4.76. The molecule has 1 unspecified atom stereocenters. The molecular weight excluding hydrogens is 460 g/mol. The average molecular weight is 485 g/mol. The first-order chi connectivity index (χ1) is 15.5. The highest BCUT2D eigenvalue weighted by atomic mass is 35.5. The van der Waals surface area contributed by atoms with E-state index in [1.54, 1.807) is 23.1 Å². The number of rotatable bonds is 8. The standard InChI is InChI=1S/C24H25ClN4OS2/c1-5-29-22(17(4)30-21-11-10-15(2)12-16(21)3)27-28-24(29)32-14-18-13-31-23(26-18)19-8-6-7-9-20(19)25/h6-13,17H,5,14H2,1-4H3. The Kier molecular flexibility index (Phi) is 7.18. The Labute approximate surface area is 201 Å². The molecule has 0 N–H and O–H groups in total. The third kappa shape index (κ3) is 5.00. The van der Waals surface area contributed by atoms with Crippen molar-refractivity contribution in [3.05, 3.63) is 75.5 Å². The van der Waals surface area contributed by atoms with Gasteiger partial charge in [0.2, 0.25) is 0 Å². The summed E-state index contributed by atoms with van der Waals surface area (Å²) in [6, 6.07) is 14.0. The van der Waals surface area contributed by atoms with Crippen LogP contribution in [-0.2, 0) is 12.3 Å². The van der Waals surface area contributed by atoms with Gasteiger partial charge in [0.05, 0.1) is 10.7 Å². The summed E-state index contributed by atoms with van der Waals surface area (Å²) >= 11 is 9.55. The summed E-state index contributed by atoms with van der Waals surface area (Å²) in [6.07, 6.45) is -0.204. The van der Waals surface area contributed by atoms with E-state index in [1.807, 2.05) is 37.3 Å². The number of aryl methyl sites for hydroxylation is 2. The lowest BCUT2D eigenvalue weighted by Gasteiger charge is -2.17. The minimum atomic E-state index is -0.204. The third-order valence-electron chi connectivity index (χ3n) is 5.06. The maximum absolute atomic E-state index is 6.32. The number of halogens is 1. The van der Waals surface area contributed by atoms with Gasteiger partial charge in [-0.25, -0.2) is 4.98 Å². The van der Waals surface area contributed by atoms with Crippen molar-refractivity contribution in [2.75, 3.05) is 0 Å². The predicted molar refractivity (Wildman–Crippen MR) is 133 cm³/mol. The number of ether oxygens (including phenoxy) is 1. The predicted octanol–water partition coefficient (Wildman–Crippen LogP) is 7.12. The summed E-state index contributed by atoms with van der Waals surface area (Å²) in [5.74, 6) is 2.41. The van der Waals surface area contributed by atoms with E-state index in [2.05, 4.69) is 53.0 Å². The summed E-state index contributed by atoms with van der Waals surface area (Å²) in [7, 11) is 0. The molecule has 0 radical (unpaired) electrons. The van der Waals surface area contributed by atoms with Gasteiger partial charge in [-0.1, -0.05) is 59.3 Å². The molecule has 0 aliphatic carbocycles. The number of aromatic nitrogens is 4. The number of hydrogen-bond acceptors (Lipinski definition) is 6. The van der Waals surface area contributed by atoms with Crippen molar-refractivity contribution >= 4 is 34.7 Å². The molecule has 4 rings (SSSR count). The zero-order valence-electron chi connectivity index (χ0n) is 18.5. The Morgan fingerprint density at radius 1 is 1.16 bits per heavy atom. The highest BCUT2D eigenvalue weighted by Crippen LogP contribution is 2.32. The molecule has 2 heterocycles. The Morgan fingerprint density at radius 3 is 2.72 bits per heavy atom. The zero-order valence-corrected chi connectivity index (χ0v) is 20.9. The summed E-state index contributed by atoms with van der Waals surface area (Å²) in [5.41, 5.74) is 4.30. The SMILES string of the molecule is CCn1c(SCc2csc(-c3ccccc3Cl)n2)nnc1C(C)Oc1ccc(C)cc1C. The topological polar surface area (TPSA) is 52.8 Å². The molecule has 0 amide bonds. The minimum absolute atomic E-state index is 0.204. The first-order valence-corrected chi connectivity index (χ1v) is 12.7. The maximum atomic E-state index is 6.32. The van der Waals surface area contributed by atoms with Crippen LogP contribution in [0.1, 0.15) is 42.6 Å². The molecule has 166 valence electrons. The molecule has 0 fully saturated rings. The highest BCUT2D eigenvalue weighted by Gasteiger charge is 2.20. The first kappa shape index (κ1) is 22.8. The first-order valence-electron chi connectivity index (χ1n) is 10.5. The van der Waals surface area contributed by atoms with Crippen molar-refractivity contribution < 1.29 is 4.74 Å². The van der Waals surface area contributed by atoms with Gasteiger partial charge in [-0.05, 0) is 45.4 Å². The monoisotopic (exact) mass is 484 g/mol. The Hall–Kier alpha value is -2.35. The van der Waals surface area contributed by atoms with E-state index < -0.39 is 0 Å². The largest absolute Gasteiger partial charge is 0.482 e. The van der Waals surface area contributed by atoms with Crippen LogP contribution in [0.15, 0.2) is 53.0 Å². The van der Waals surface area contributed by atoms with Crippen molar-refractivity contribution in [3.63, 3.8) is 0 Å². The quantitative estimate of drug-likeness (QED) is 0.249. The molecule has 2 aromatic carbocycles. The van der Waals surface area contributed by atoms with Crippen LogP contribution in [0.4, 0.5) is 0 Å². The second kappa shape index (κ2) is 10.1. The molecule has 8 heteroatoms. The van der Waals surface area contributed by atoms with Crippen LogP contribution in [0, 0.1) is 13.8 Å². The fourth-order valence-electron chi connectivity index (χ4n) is 3.45. The Bertz CT molecular complexity index is 1220. The van der Waals surface area contributed by atoms with Gasteiger partial charge in [0.15, 0.2) is 17.1 Å². The minimum Gasteiger partial charge on any atom is -0.482 e. The van der Waals surface area contributed by atoms with Gasteiger partial charge in [-0.2, -0.15) is 0 Å². The number of hydrogen-bond donors (Lipinski definition) is 0. The third-order valence-corrected chi connectivity index (χ3v) is 7.32. The zero-order chi connectivity index (χ0) is 22.7. The van der Waals surface area contributed by atoms with Gasteiger partial charge >= 0.3 is 0 Å². The van der Waals surface area contributed by atoms with E-state index in [4.69, 9.17) is 21.3 Å². The maximum Gasteiger partial charge on any atom is 0.191 e. The van der Waals surface area contributed by atoms with Crippen LogP contribution in [0.25, 0.3) is 10.6 Å². The Morgan fingerprint density at radius 2 is 1.97 bits per heavy atom.